The van der Waals surface area contributed by atoms with Crippen molar-refractivity contribution in [3.8, 4) is 0 Å². The molecule has 0 saturated carbocycles. The van der Waals surface area contributed by atoms with Gasteiger partial charge in [-0.2, -0.15) is 0 Å². The summed E-state index contributed by atoms with van der Waals surface area (Å²) in [7, 11) is 0. The average Bonchev–Trinajstić information content (AvgIpc) is 3.35. The topological polar surface area (TPSA) is 73.9 Å². The van der Waals surface area contributed by atoms with Crippen molar-refractivity contribution in [3.63, 3.8) is 0 Å². The second-order valence-electron chi connectivity index (χ2n) is 8.80. The van der Waals surface area contributed by atoms with Gasteiger partial charge in [-0.15, -0.1) is 11.3 Å². The maximum absolute atomic E-state index is 12.5. The highest BCUT2D eigenvalue weighted by atomic mass is 32.1. The Bertz CT molecular complexity index is 874. The fourth-order valence-electron chi connectivity index (χ4n) is 4.38. The summed E-state index contributed by atoms with van der Waals surface area (Å²) < 4.78 is 5.40. The second-order valence-corrected chi connectivity index (χ2v) is 9.84. The molecular weight excluding hydrogens is 436 g/mol. The van der Waals surface area contributed by atoms with Crippen LogP contribution >= 0.6 is 11.3 Å². The lowest BCUT2D eigenvalue weighted by Gasteiger charge is -2.30. The van der Waals surface area contributed by atoms with Crippen LogP contribution in [0.25, 0.3) is 0 Å². The highest BCUT2D eigenvalue weighted by molar-refractivity contribution is 7.09. The number of likely N-dealkylation sites (tertiary alicyclic amines) is 1. The van der Waals surface area contributed by atoms with Crippen molar-refractivity contribution < 1.29 is 14.3 Å². The zero-order valence-electron chi connectivity index (χ0n) is 19.1. The van der Waals surface area contributed by atoms with Gasteiger partial charge in [0.15, 0.2) is 0 Å². The van der Waals surface area contributed by atoms with Gasteiger partial charge in [0, 0.05) is 42.7 Å². The molecule has 7 nitrogen and oxygen atoms in total. The monoisotopic (exact) mass is 470 g/mol. The van der Waals surface area contributed by atoms with Crippen LogP contribution in [0.5, 0.6) is 0 Å². The van der Waals surface area contributed by atoms with Gasteiger partial charge in [-0.1, -0.05) is 18.2 Å². The van der Waals surface area contributed by atoms with Crippen LogP contribution in [0.3, 0.4) is 0 Å². The van der Waals surface area contributed by atoms with E-state index in [2.05, 4.69) is 44.0 Å². The molecule has 0 atom stereocenters. The number of ether oxygens (including phenoxy) is 1. The van der Waals surface area contributed by atoms with Crippen LogP contribution in [0, 0.1) is 5.92 Å². The lowest BCUT2D eigenvalue weighted by molar-refractivity contribution is -0.126. The summed E-state index contributed by atoms with van der Waals surface area (Å²) in [6.45, 7) is 7.03. The first-order chi connectivity index (χ1) is 16.2. The van der Waals surface area contributed by atoms with Gasteiger partial charge in [0.2, 0.25) is 11.8 Å². The molecule has 4 rings (SSSR count). The minimum Gasteiger partial charge on any atom is -0.379 e. The van der Waals surface area contributed by atoms with Crippen molar-refractivity contribution >= 4 is 28.8 Å². The maximum Gasteiger partial charge on any atom is 0.238 e. The van der Waals surface area contributed by atoms with E-state index in [0.29, 0.717) is 13.1 Å². The highest BCUT2D eigenvalue weighted by Gasteiger charge is 2.25. The molecule has 2 saturated heterocycles. The Balaban J connectivity index is 1.13. The van der Waals surface area contributed by atoms with Crippen molar-refractivity contribution in [2.45, 2.75) is 25.8 Å². The third-order valence-corrected chi connectivity index (χ3v) is 7.26. The van der Waals surface area contributed by atoms with Crippen LogP contribution < -0.4 is 10.6 Å². The van der Waals surface area contributed by atoms with Crippen LogP contribution in [-0.4, -0.2) is 74.1 Å². The number of morpholine rings is 1. The normalized spacial score (nSPS) is 18.2. The fraction of sp³-hybridized carbons (Fsp3) is 0.520. The van der Waals surface area contributed by atoms with E-state index < -0.39 is 0 Å². The molecule has 1 aromatic carbocycles. The van der Waals surface area contributed by atoms with E-state index in [0.717, 1.165) is 70.9 Å². The van der Waals surface area contributed by atoms with Crippen LogP contribution in [0.4, 0.5) is 5.69 Å². The molecule has 2 aliphatic heterocycles. The molecule has 33 heavy (non-hydrogen) atoms. The molecule has 178 valence electrons. The van der Waals surface area contributed by atoms with Gasteiger partial charge in [-0.25, -0.2) is 0 Å². The molecule has 3 heterocycles. The molecule has 8 heteroatoms. The van der Waals surface area contributed by atoms with Gasteiger partial charge in [-0.05, 0) is 61.5 Å². The van der Waals surface area contributed by atoms with Gasteiger partial charge in [0.25, 0.3) is 0 Å². The Kier molecular flexibility index (Phi) is 8.88. The first-order valence-electron chi connectivity index (χ1n) is 11.9. The van der Waals surface area contributed by atoms with Crippen molar-refractivity contribution in [3.05, 3.63) is 52.2 Å². The number of nitrogens with one attached hydrogen (secondary N) is 2. The number of carbonyl (C=O) groups is 2. The third-order valence-electron chi connectivity index (χ3n) is 6.32. The number of amides is 2. The van der Waals surface area contributed by atoms with Crippen molar-refractivity contribution in [2.75, 3.05) is 57.8 Å². The molecule has 1 aromatic heterocycles. The van der Waals surface area contributed by atoms with Crippen molar-refractivity contribution in [1.29, 1.82) is 0 Å². The van der Waals surface area contributed by atoms with Gasteiger partial charge in [0.05, 0.1) is 19.8 Å². The molecule has 0 spiro atoms. The molecule has 0 radical (unpaired) electrons. The Hall–Kier alpha value is -2.26. The molecule has 2 amide bonds. The predicted octanol–water partition coefficient (Wildman–Crippen LogP) is 2.59. The number of anilines is 1. The molecule has 0 bridgehead atoms. The van der Waals surface area contributed by atoms with E-state index in [4.69, 9.17) is 4.74 Å². The summed E-state index contributed by atoms with van der Waals surface area (Å²) in [5.74, 6) is 0.189. The Morgan fingerprint density at radius 1 is 1.00 bits per heavy atom. The van der Waals surface area contributed by atoms with Crippen LogP contribution in [0.15, 0.2) is 41.8 Å². The maximum atomic E-state index is 12.5. The van der Waals surface area contributed by atoms with Gasteiger partial charge >= 0.3 is 0 Å². The summed E-state index contributed by atoms with van der Waals surface area (Å²) in [5.41, 5.74) is 2.07. The van der Waals surface area contributed by atoms with E-state index >= 15 is 0 Å². The number of nitrogens with zero attached hydrogens (tertiary/aromatic N) is 2. The molecule has 2 fully saturated rings. The Labute approximate surface area is 200 Å². The largest absolute Gasteiger partial charge is 0.379 e. The number of piperidine rings is 1. The lowest BCUT2D eigenvalue weighted by atomic mass is 9.96. The number of thiophene rings is 1. The quantitative estimate of drug-likeness (QED) is 0.589. The third kappa shape index (κ3) is 7.64. The Morgan fingerprint density at radius 2 is 1.76 bits per heavy atom. The average molecular weight is 471 g/mol. The molecule has 2 N–H and O–H groups in total. The van der Waals surface area contributed by atoms with Crippen molar-refractivity contribution in [1.82, 2.24) is 15.1 Å². The minimum absolute atomic E-state index is 0.00483. The summed E-state index contributed by atoms with van der Waals surface area (Å²) in [5, 5.41) is 8.13. The van der Waals surface area contributed by atoms with E-state index in [-0.39, 0.29) is 17.7 Å². The SMILES string of the molecule is O=C(CN1CCC(C(=O)NCCc2cccs2)CC1)Nc1ccc(CN2CCOCC2)cc1. The number of benzene rings is 1. The Morgan fingerprint density at radius 3 is 2.45 bits per heavy atom. The highest BCUT2D eigenvalue weighted by Crippen LogP contribution is 2.18. The summed E-state index contributed by atoms with van der Waals surface area (Å²) >= 11 is 1.72. The fourth-order valence-corrected chi connectivity index (χ4v) is 5.08. The van der Waals surface area contributed by atoms with Gasteiger partial charge in [-0.3, -0.25) is 19.4 Å². The van der Waals surface area contributed by atoms with Crippen molar-refractivity contribution in [2.24, 2.45) is 5.92 Å². The first kappa shape index (κ1) is 23.9. The van der Waals surface area contributed by atoms with Crippen LogP contribution in [-0.2, 0) is 27.3 Å². The van der Waals surface area contributed by atoms with Gasteiger partial charge in [0.1, 0.15) is 0 Å². The first-order valence-corrected chi connectivity index (χ1v) is 12.7. The summed E-state index contributed by atoms with van der Waals surface area (Å²) in [6.07, 6.45) is 2.49. The number of hydrogen-bond donors (Lipinski definition) is 2. The summed E-state index contributed by atoms with van der Waals surface area (Å²) in [4.78, 5) is 30.7. The molecule has 2 aliphatic rings. The van der Waals surface area contributed by atoms with E-state index in [1.54, 1.807) is 11.3 Å². The standard InChI is InChI=1S/C25H34N4O3S/c30-24(27-22-5-3-20(4-6-22)18-29-13-15-32-16-14-29)19-28-11-8-21(9-12-28)25(31)26-10-7-23-2-1-17-33-23/h1-6,17,21H,7-16,18-19H2,(H,26,31)(H,27,30). The summed E-state index contributed by atoms with van der Waals surface area (Å²) in [6, 6.07) is 12.2. The van der Waals surface area contributed by atoms with Crippen LogP contribution in [0.2, 0.25) is 0 Å². The minimum atomic E-state index is -0.00483. The van der Waals surface area contributed by atoms with Crippen LogP contribution in [0.1, 0.15) is 23.3 Å². The number of hydrogen-bond acceptors (Lipinski definition) is 6. The lowest BCUT2D eigenvalue weighted by Crippen LogP contribution is -2.43. The molecule has 0 aliphatic carbocycles. The van der Waals surface area contributed by atoms with E-state index in [9.17, 15) is 9.59 Å². The molecular formula is C25H34N4O3S. The van der Waals surface area contributed by atoms with E-state index in [1.807, 2.05) is 18.2 Å². The zero-order chi connectivity index (χ0) is 22.9. The molecule has 0 unspecified atom stereocenters. The zero-order valence-corrected chi connectivity index (χ0v) is 19.9. The number of carbonyl (C=O) groups excluding carboxylic acids is 2. The smallest absolute Gasteiger partial charge is 0.238 e. The second kappa shape index (κ2) is 12.3. The molecule has 2 aromatic rings. The van der Waals surface area contributed by atoms with Gasteiger partial charge < -0.3 is 15.4 Å². The predicted molar refractivity (Wildman–Crippen MR) is 131 cm³/mol. The number of rotatable bonds is 9. The van der Waals surface area contributed by atoms with E-state index in [1.165, 1.54) is 10.4 Å².